The predicted molar refractivity (Wildman–Crippen MR) is 132 cm³/mol. The SMILES string of the molecule is [C-]#[N+]c1ccc2c(sc3c(-c4cc(C)cc(C)[n+]4C)c(C)ccc32)c1-c1ccccc1. The van der Waals surface area contributed by atoms with Crippen molar-refractivity contribution in [1.82, 2.24) is 0 Å². The fourth-order valence-electron chi connectivity index (χ4n) is 4.50. The van der Waals surface area contributed by atoms with Crippen LogP contribution in [0.5, 0.6) is 0 Å². The normalized spacial score (nSPS) is 11.2. The number of aromatic nitrogens is 1. The molecule has 0 bridgehead atoms. The van der Waals surface area contributed by atoms with Gasteiger partial charge in [0.05, 0.1) is 12.1 Å². The van der Waals surface area contributed by atoms with Gasteiger partial charge in [0.15, 0.2) is 11.4 Å². The van der Waals surface area contributed by atoms with Crippen LogP contribution in [0.4, 0.5) is 5.69 Å². The number of rotatable bonds is 2. The van der Waals surface area contributed by atoms with Gasteiger partial charge in [-0.2, -0.15) is 4.57 Å². The van der Waals surface area contributed by atoms with Crippen LogP contribution in [0.15, 0.2) is 66.7 Å². The second kappa shape index (κ2) is 7.34. The van der Waals surface area contributed by atoms with Crippen LogP contribution in [0.3, 0.4) is 0 Å². The van der Waals surface area contributed by atoms with Gasteiger partial charge in [0.1, 0.15) is 7.05 Å². The molecule has 0 unspecified atom stereocenters. The summed E-state index contributed by atoms with van der Waals surface area (Å²) in [5.41, 5.74) is 9.15. The summed E-state index contributed by atoms with van der Waals surface area (Å²) < 4.78 is 4.76. The number of thiophene rings is 1. The van der Waals surface area contributed by atoms with Crippen LogP contribution >= 0.6 is 11.3 Å². The van der Waals surface area contributed by atoms with Gasteiger partial charge >= 0.3 is 0 Å². The van der Waals surface area contributed by atoms with Gasteiger partial charge in [-0.3, -0.25) is 0 Å². The topological polar surface area (TPSA) is 8.24 Å². The van der Waals surface area contributed by atoms with E-state index in [0.717, 1.165) is 11.1 Å². The second-order valence-electron chi connectivity index (χ2n) is 8.17. The molecule has 0 N–H and O–H groups in total. The van der Waals surface area contributed by atoms with E-state index in [4.69, 9.17) is 6.57 Å². The number of benzene rings is 3. The molecule has 150 valence electrons. The minimum atomic E-state index is 0.709. The zero-order valence-electron chi connectivity index (χ0n) is 18.2. The monoisotopic (exact) mass is 419 g/mol. The average Bonchev–Trinajstić information content (AvgIpc) is 3.14. The average molecular weight is 420 g/mol. The predicted octanol–water partition coefficient (Wildman–Crippen LogP) is 7.69. The van der Waals surface area contributed by atoms with Crippen molar-refractivity contribution >= 4 is 37.2 Å². The van der Waals surface area contributed by atoms with Crippen LogP contribution in [-0.4, -0.2) is 0 Å². The molecule has 3 aromatic carbocycles. The highest BCUT2D eigenvalue weighted by Crippen LogP contribution is 2.47. The minimum Gasteiger partial charge on any atom is -0.237 e. The Morgan fingerprint density at radius 1 is 0.806 bits per heavy atom. The van der Waals surface area contributed by atoms with E-state index in [1.54, 1.807) is 0 Å². The third kappa shape index (κ3) is 3.03. The molecule has 0 atom stereocenters. The Morgan fingerprint density at radius 3 is 2.19 bits per heavy atom. The lowest BCUT2D eigenvalue weighted by molar-refractivity contribution is -0.666. The summed E-state index contributed by atoms with van der Waals surface area (Å²) in [6.45, 7) is 14.3. The summed E-state index contributed by atoms with van der Waals surface area (Å²) in [4.78, 5) is 3.86. The fourth-order valence-corrected chi connectivity index (χ4v) is 5.97. The van der Waals surface area contributed by atoms with Crippen molar-refractivity contribution in [2.75, 3.05) is 0 Å². The lowest BCUT2D eigenvalue weighted by Gasteiger charge is -2.09. The molecule has 0 aliphatic carbocycles. The van der Waals surface area contributed by atoms with E-state index in [9.17, 15) is 0 Å². The van der Waals surface area contributed by atoms with Crippen LogP contribution in [0.2, 0.25) is 0 Å². The molecule has 0 saturated carbocycles. The van der Waals surface area contributed by atoms with Gasteiger partial charge in [-0.25, -0.2) is 4.85 Å². The second-order valence-corrected chi connectivity index (χ2v) is 9.19. The molecule has 0 spiro atoms. The highest BCUT2D eigenvalue weighted by Gasteiger charge is 2.22. The smallest absolute Gasteiger partial charge is 0.214 e. The highest BCUT2D eigenvalue weighted by molar-refractivity contribution is 7.27. The summed E-state index contributed by atoms with van der Waals surface area (Å²) in [6, 6.07) is 23.4. The molecule has 2 nitrogen and oxygen atoms in total. The summed E-state index contributed by atoms with van der Waals surface area (Å²) >= 11 is 1.81. The molecule has 31 heavy (non-hydrogen) atoms. The van der Waals surface area contributed by atoms with E-state index < -0.39 is 0 Å². The summed E-state index contributed by atoms with van der Waals surface area (Å²) in [5.74, 6) is 0. The van der Waals surface area contributed by atoms with E-state index in [1.807, 2.05) is 35.6 Å². The zero-order chi connectivity index (χ0) is 21.7. The quantitative estimate of drug-likeness (QED) is 0.205. The first-order valence-corrected chi connectivity index (χ1v) is 11.2. The fraction of sp³-hybridized carbons (Fsp3) is 0.143. The summed E-state index contributed by atoms with van der Waals surface area (Å²) in [7, 11) is 2.14. The minimum absolute atomic E-state index is 0.709. The number of nitrogens with zero attached hydrogens (tertiary/aromatic N) is 2. The molecule has 0 saturated heterocycles. The van der Waals surface area contributed by atoms with Crippen molar-refractivity contribution in [2.24, 2.45) is 7.05 Å². The van der Waals surface area contributed by atoms with Gasteiger partial charge in [0.25, 0.3) is 0 Å². The van der Waals surface area contributed by atoms with Crippen LogP contribution in [0.25, 0.3) is 47.4 Å². The Labute approximate surface area is 186 Å². The molecule has 0 radical (unpaired) electrons. The number of aryl methyl sites for hydroxylation is 3. The molecular weight excluding hydrogens is 396 g/mol. The molecular formula is C28H23N2S+. The van der Waals surface area contributed by atoms with Crippen LogP contribution in [0, 0.1) is 27.3 Å². The van der Waals surface area contributed by atoms with Gasteiger partial charge in [-0.15, -0.1) is 11.3 Å². The lowest BCUT2D eigenvalue weighted by atomic mass is 9.97. The molecule has 2 aromatic heterocycles. The van der Waals surface area contributed by atoms with Crippen molar-refractivity contribution in [3.8, 4) is 22.4 Å². The maximum absolute atomic E-state index is 7.76. The van der Waals surface area contributed by atoms with Gasteiger partial charge in [-0.1, -0.05) is 54.6 Å². The first-order chi connectivity index (χ1) is 15.0. The van der Waals surface area contributed by atoms with Crippen LogP contribution in [0.1, 0.15) is 16.8 Å². The first-order valence-electron chi connectivity index (χ1n) is 10.4. The van der Waals surface area contributed by atoms with Crippen LogP contribution in [-0.2, 0) is 7.05 Å². The molecule has 5 aromatic rings. The summed E-state index contributed by atoms with van der Waals surface area (Å²) in [5, 5.41) is 2.48. The van der Waals surface area contributed by atoms with Gasteiger partial charge < -0.3 is 0 Å². The molecule has 3 heteroatoms. The van der Waals surface area contributed by atoms with Crippen molar-refractivity contribution in [3.05, 3.63) is 95.0 Å². The molecule has 0 amide bonds. The lowest BCUT2D eigenvalue weighted by Crippen LogP contribution is -2.35. The van der Waals surface area contributed by atoms with Crippen molar-refractivity contribution in [3.63, 3.8) is 0 Å². The first kappa shape index (κ1) is 19.5. The van der Waals surface area contributed by atoms with Gasteiger partial charge in [-0.05, 0) is 35.9 Å². The Kier molecular flexibility index (Phi) is 4.61. The van der Waals surface area contributed by atoms with Crippen molar-refractivity contribution in [2.45, 2.75) is 20.8 Å². The number of fused-ring (bicyclic) bond motifs is 3. The number of hydrogen-bond acceptors (Lipinski definition) is 1. The Morgan fingerprint density at radius 2 is 1.48 bits per heavy atom. The third-order valence-electron chi connectivity index (χ3n) is 6.13. The van der Waals surface area contributed by atoms with E-state index in [2.05, 4.69) is 79.7 Å². The van der Waals surface area contributed by atoms with Crippen LogP contribution < -0.4 is 4.57 Å². The number of hydrogen-bond donors (Lipinski definition) is 0. The highest BCUT2D eigenvalue weighted by atomic mass is 32.1. The molecule has 5 rings (SSSR count). The largest absolute Gasteiger partial charge is 0.237 e. The van der Waals surface area contributed by atoms with Gasteiger partial charge in [0, 0.05) is 39.4 Å². The Hall–Kier alpha value is -3.48. The molecule has 2 heterocycles. The summed E-state index contributed by atoms with van der Waals surface area (Å²) in [6.07, 6.45) is 0. The zero-order valence-corrected chi connectivity index (χ0v) is 19.0. The maximum atomic E-state index is 7.76. The molecule has 0 aliphatic rings. The molecule has 0 aliphatic heterocycles. The van der Waals surface area contributed by atoms with Crippen molar-refractivity contribution < 1.29 is 4.57 Å². The van der Waals surface area contributed by atoms with Gasteiger partial charge in [0.2, 0.25) is 5.69 Å². The Balaban J connectivity index is 1.94. The van der Waals surface area contributed by atoms with E-state index in [1.165, 1.54) is 48.3 Å². The number of pyridine rings is 1. The van der Waals surface area contributed by atoms with E-state index in [-0.39, 0.29) is 0 Å². The molecule has 0 fully saturated rings. The third-order valence-corrected chi connectivity index (χ3v) is 7.38. The van der Waals surface area contributed by atoms with E-state index in [0.29, 0.717) is 5.69 Å². The standard InChI is InChI=1S/C28H23N2S/c1-17-15-19(3)30(5)24(16-17)25-18(2)11-12-21-22-13-14-23(29-4)26(28(22)31-27(21)25)20-9-7-6-8-10-20/h6-16H,1-3,5H3/q+1. The van der Waals surface area contributed by atoms with Crippen molar-refractivity contribution in [1.29, 1.82) is 0 Å². The van der Waals surface area contributed by atoms with E-state index >= 15 is 0 Å². The Bertz CT molecular complexity index is 1520. The maximum Gasteiger partial charge on any atom is 0.214 e.